The normalized spacial score (nSPS) is 10.7. The molecule has 1 heterocycles. The predicted molar refractivity (Wildman–Crippen MR) is 85.6 cm³/mol. The summed E-state index contributed by atoms with van der Waals surface area (Å²) in [6.07, 6.45) is 0. The lowest BCUT2D eigenvalue weighted by Crippen LogP contribution is -1.97. The highest BCUT2D eigenvalue weighted by molar-refractivity contribution is 6.37. The molecule has 1 aromatic heterocycles. The molecule has 2 aromatic carbocycles. The van der Waals surface area contributed by atoms with E-state index >= 15 is 0 Å². The van der Waals surface area contributed by atoms with Crippen molar-refractivity contribution in [3.8, 4) is 17.2 Å². The van der Waals surface area contributed by atoms with Gasteiger partial charge in [0.25, 0.3) is 0 Å². The highest BCUT2D eigenvalue weighted by Crippen LogP contribution is 2.39. The predicted octanol–water partition coefficient (Wildman–Crippen LogP) is 4.90. The van der Waals surface area contributed by atoms with Gasteiger partial charge in [0.15, 0.2) is 17.1 Å². The number of hydrogen-bond donors (Lipinski definition) is 0. The molecular formula is C16H10Cl2O4. The van der Waals surface area contributed by atoms with Gasteiger partial charge in [-0.05, 0) is 24.3 Å². The van der Waals surface area contributed by atoms with Crippen LogP contribution in [0, 0.1) is 0 Å². The van der Waals surface area contributed by atoms with E-state index in [0.29, 0.717) is 32.5 Å². The third-order valence-electron chi connectivity index (χ3n) is 3.03. The number of fused-ring (bicyclic) bond motifs is 1. The summed E-state index contributed by atoms with van der Waals surface area (Å²) < 4.78 is 16.2. The van der Waals surface area contributed by atoms with Gasteiger partial charge in [0.1, 0.15) is 5.75 Å². The minimum absolute atomic E-state index is 0.284. The van der Waals surface area contributed by atoms with E-state index in [9.17, 15) is 4.79 Å². The molecule has 3 rings (SSSR count). The molecule has 0 saturated heterocycles. The van der Waals surface area contributed by atoms with Gasteiger partial charge in [-0.15, -0.1) is 0 Å². The van der Waals surface area contributed by atoms with Crippen molar-refractivity contribution in [3.05, 3.63) is 62.9 Å². The second kappa shape index (κ2) is 5.91. The Bertz CT molecular complexity index is 882. The average molecular weight is 337 g/mol. The molecule has 0 aliphatic rings. The van der Waals surface area contributed by atoms with Crippen LogP contribution in [0.2, 0.25) is 10.0 Å². The lowest BCUT2D eigenvalue weighted by molar-refractivity contribution is 0.408. The van der Waals surface area contributed by atoms with Gasteiger partial charge < -0.3 is 13.9 Å². The van der Waals surface area contributed by atoms with Crippen LogP contribution in [0.5, 0.6) is 17.2 Å². The van der Waals surface area contributed by atoms with Crippen LogP contribution in [0.15, 0.2) is 51.7 Å². The molecule has 3 aromatic rings. The Morgan fingerprint density at radius 3 is 2.45 bits per heavy atom. The maximum absolute atomic E-state index is 11.5. The number of ether oxygens (including phenoxy) is 2. The Labute approximate surface area is 135 Å². The van der Waals surface area contributed by atoms with Crippen LogP contribution in [0.4, 0.5) is 0 Å². The summed E-state index contributed by atoms with van der Waals surface area (Å²) in [6, 6.07) is 11.3. The topological polar surface area (TPSA) is 48.7 Å². The molecule has 22 heavy (non-hydrogen) atoms. The minimum atomic E-state index is -0.479. The maximum atomic E-state index is 11.5. The van der Waals surface area contributed by atoms with E-state index in [0.717, 1.165) is 0 Å². The Hall–Kier alpha value is -2.17. The molecule has 0 spiro atoms. The van der Waals surface area contributed by atoms with Gasteiger partial charge in [0.05, 0.1) is 17.2 Å². The molecule has 0 fully saturated rings. The molecule has 0 aliphatic heterocycles. The molecule has 0 saturated carbocycles. The first kappa shape index (κ1) is 14.8. The van der Waals surface area contributed by atoms with Crippen molar-refractivity contribution >= 4 is 34.2 Å². The smallest absolute Gasteiger partial charge is 0.336 e. The summed E-state index contributed by atoms with van der Waals surface area (Å²) in [4.78, 5) is 11.5. The van der Waals surface area contributed by atoms with Crippen LogP contribution in [0.1, 0.15) is 0 Å². The van der Waals surface area contributed by atoms with E-state index in [1.165, 1.54) is 13.2 Å². The Balaban J connectivity index is 2.21. The number of methoxy groups -OCH3 is 1. The van der Waals surface area contributed by atoms with Gasteiger partial charge in [-0.1, -0.05) is 29.3 Å². The Morgan fingerprint density at radius 1 is 1.05 bits per heavy atom. The fourth-order valence-electron chi connectivity index (χ4n) is 2.01. The molecule has 0 unspecified atom stereocenters. The van der Waals surface area contributed by atoms with E-state index < -0.39 is 5.63 Å². The van der Waals surface area contributed by atoms with Crippen LogP contribution in [-0.4, -0.2) is 7.11 Å². The van der Waals surface area contributed by atoms with Crippen molar-refractivity contribution < 1.29 is 13.9 Å². The summed E-state index contributed by atoms with van der Waals surface area (Å²) in [7, 11) is 1.53. The first-order chi connectivity index (χ1) is 10.6. The zero-order valence-electron chi connectivity index (χ0n) is 11.4. The zero-order valence-corrected chi connectivity index (χ0v) is 12.9. The molecule has 6 heteroatoms. The lowest BCUT2D eigenvalue weighted by Gasteiger charge is -2.12. The zero-order chi connectivity index (χ0) is 15.7. The quantitative estimate of drug-likeness (QED) is 0.638. The second-order valence-corrected chi connectivity index (χ2v) is 5.27. The summed E-state index contributed by atoms with van der Waals surface area (Å²) in [5.41, 5.74) is -0.183. The maximum Gasteiger partial charge on any atom is 0.336 e. The first-order valence-corrected chi connectivity index (χ1v) is 7.08. The SMILES string of the molecule is COc1cc(Oc2c(Cl)cccc2Cl)c2oc(=O)ccc2c1. The van der Waals surface area contributed by atoms with E-state index in [1.54, 1.807) is 36.4 Å². The lowest BCUT2D eigenvalue weighted by atomic mass is 10.2. The highest BCUT2D eigenvalue weighted by atomic mass is 35.5. The van der Waals surface area contributed by atoms with Crippen LogP contribution in [0.3, 0.4) is 0 Å². The summed E-state index contributed by atoms with van der Waals surface area (Å²) in [6.45, 7) is 0. The van der Waals surface area contributed by atoms with Crippen LogP contribution < -0.4 is 15.1 Å². The largest absolute Gasteiger partial charge is 0.497 e. The third kappa shape index (κ3) is 2.75. The molecule has 0 bridgehead atoms. The van der Waals surface area contributed by atoms with Crippen molar-refractivity contribution in [2.45, 2.75) is 0 Å². The molecule has 0 atom stereocenters. The van der Waals surface area contributed by atoms with Gasteiger partial charge in [0, 0.05) is 17.5 Å². The number of benzene rings is 2. The monoisotopic (exact) mass is 336 g/mol. The number of hydrogen-bond acceptors (Lipinski definition) is 4. The van der Waals surface area contributed by atoms with E-state index in [-0.39, 0.29) is 5.75 Å². The summed E-state index contributed by atoms with van der Waals surface area (Å²) in [5, 5.41) is 1.36. The number of halogens is 2. The van der Waals surface area contributed by atoms with Gasteiger partial charge in [-0.2, -0.15) is 0 Å². The van der Waals surface area contributed by atoms with Crippen LogP contribution in [-0.2, 0) is 0 Å². The molecule has 4 nitrogen and oxygen atoms in total. The average Bonchev–Trinajstić information content (AvgIpc) is 2.51. The number of rotatable bonds is 3. The molecule has 112 valence electrons. The highest BCUT2D eigenvalue weighted by Gasteiger charge is 2.14. The van der Waals surface area contributed by atoms with Crippen molar-refractivity contribution in [2.75, 3.05) is 7.11 Å². The van der Waals surface area contributed by atoms with Gasteiger partial charge in [-0.25, -0.2) is 4.79 Å². The van der Waals surface area contributed by atoms with E-state index in [1.807, 2.05) is 0 Å². The second-order valence-electron chi connectivity index (χ2n) is 4.45. The minimum Gasteiger partial charge on any atom is -0.497 e. The van der Waals surface area contributed by atoms with Crippen molar-refractivity contribution in [1.29, 1.82) is 0 Å². The molecule has 0 aliphatic carbocycles. The Morgan fingerprint density at radius 2 is 1.77 bits per heavy atom. The molecule has 0 N–H and O–H groups in total. The summed E-state index contributed by atoms with van der Waals surface area (Å²) >= 11 is 12.2. The molecule has 0 radical (unpaired) electrons. The summed E-state index contributed by atoms with van der Waals surface area (Å²) in [5.74, 6) is 1.13. The van der Waals surface area contributed by atoms with Gasteiger partial charge in [0.2, 0.25) is 0 Å². The fourth-order valence-corrected chi connectivity index (χ4v) is 2.48. The van der Waals surface area contributed by atoms with Crippen molar-refractivity contribution in [2.24, 2.45) is 0 Å². The van der Waals surface area contributed by atoms with Crippen molar-refractivity contribution in [1.82, 2.24) is 0 Å². The molecular weight excluding hydrogens is 327 g/mol. The van der Waals surface area contributed by atoms with E-state index in [4.69, 9.17) is 37.1 Å². The van der Waals surface area contributed by atoms with Crippen LogP contribution >= 0.6 is 23.2 Å². The fraction of sp³-hybridized carbons (Fsp3) is 0.0625. The standard InChI is InChI=1S/C16H10Cl2O4/c1-20-10-7-9-5-6-14(19)22-15(9)13(8-10)21-16-11(17)3-2-4-12(16)18/h2-8H,1H3. The van der Waals surface area contributed by atoms with Crippen molar-refractivity contribution in [3.63, 3.8) is 0 Å². The Kier molecular flexibility index (Phi) is 3.96. The third-order valence-corrected chi connectivity index (χ3v) is 3.62. The molecule has 0 amide bonds. The number of para-hydroxylation sites is 1. The first-order valence-electron chi connectivity index (χ1n) is 6.32. The van der Waals surface area contributed by atoms with Crippen LogP contribution in [0.25, 0.3) is 11.0 Å². The van der Waals surface area contributed by atoms with Gasteiger partial charge >= 0.3 is 5.63 Å². The van der Waals surface area contributed by atoms with E-state index in [2.05, 4.69) is 0 Å². The van der Waals surface area contributed by atoms with Gasteiger partial charge in [-0.3, -0.25) is 0 Å².